The molecule has 0 fully saturated rings. The molecule has 0 saturated heterocycles. The summed E-state index contributed by atoms with van der Waals surface area (Å²) in [4.78, 5) is 8.43. The van der Waals surface area contributed by atoms with Crippen LogP contribution in [0.1, 0.15) is 5.82 Å². The average Bonchev–Trinajstić information content (AvgIpc) is 2.63. The van der Waals surface area contributed by atoms with E-state index in [1.165, 1.54) is 11.8 Å². The Kier molecular flexibility index (Phi) is 4.71. The molecular weight excluding hydrogens is 210 g/mol. The normalized spacial score (nSPS) is 11.1. The molecular formula is C9H13N5S. The minimum atomic E-state index is 0.635. The molecule has 0 bridgehead atoms. The van der Waals surface area contributed by atoms with Gasteiger partial charge in [0.2, 0.25) is 0 Å². The minimum absolute atomic E-state index is 0.635. The van der Waals surface area contributed by atoms with E-state index in [9.17, 15) is 0 Å². The monoisotopic (exact) mass is 223 g/mol. The summed E-state index contributed by atoms with van der Waals surface area (Å²) in [6.07, 6.45) is 8.18. The first-order chi connectivity index (χ1) is 7.27. The number of thioether (sulfide) groups is 1. The number of amidine groups is 1. The average molecular weight is 223 g/mol. The highest BCUT2D eigenvalue weighted by Gasteiger charge is 1.98. The van der Waals surface area contributed by atoms with Crippen LogP contribution in [-0.2, 0) is 13.5 Å². The van der Waals surface area contributed by atoms with Gasteiger partial charge in [0.1, 0.15) is 5.82 Å². The van der Waals surface area contributed by atoms with Crippen molar-refractivity contribution in [3.8, 4) is 6.19 Å². The second-order valence-electron chi connectivity index (χ2n) is 2.83. The van der Waals surface area contributed by atoms with Gasteiger partial charge in [0.15, 0.2) is 11.4 Å². The Morgan fingerprint density at radius 3 is 3.13 bits per heavy atom. The molecule has 0 amide bonds. The number of rotatable bonds is 3. The fourth-order valence-corrected chi connectivity index (χ4v) is 1.47. The topological polar surface area (TPSA) is 66.0 Å². The van der Waals surface area contributed by atoms with E-state index in [0.29, 0.717) is 11.7 Å². The molecule has 80 valence electrons. The maximum absolute atomic E-state index is 8.42. The van der Waals surface area contributed by atoms with Crippen LogP contribution in [0, 0.1) is 11.5 Å². The summed E-state index contributed by atoms with van der Waals surface area (Å²) < 4.78 is 1.96. The molecule has 0 saturated carbocycles. The molecule has 0 aliphatic carbocycles. The lowest BCUT2D eigenvalue weighted by Crippen LogP contribution is -2.14. The molecule has 0 atom stereocenters. The van der Waals surface area contributed by atoms with Crippen molar-refractivity contribution in [2.45, 2.75) is 6.42 Å². The van der Waals surface area contributed by atoms with Crippen LogP contribution < -0.4 is 5.32 Å². The maximum atomic E-state index is 8.42. The summed E-state index contributed by atoms with van der Waals surface area (Å²) in [6, 6.07) is 0. The van der Waals surface area contributed by atoms with Crippen LogP contribution in [0.4, 0.5) is 0 Å². The molecule has 6 heteroatoms. The van der Waals surface area contributed by atoms with E-state index in [1.807, 2.05) is 30.3 Å². The fourth-order valence-electron chi connectivity index (χ4n) is 1.10. The van der Waals surface area contributed by atoms with Gasteiger partial charge in [-0.25, -0.2) is 4.98 Å². The Bertz CT molecular complexity index is 376. The van der Waals surface area contributed by atoms with Gasteiger partial charge in [-0.05, 0) is 6.26 Å². The fraction of sp³-hybridized carbons (Fsp3) is 0.444. The SMILES string of the molecule is CSC(=NCCc1nccn1C)NC#N. The number of hydrogen-bond donors (Lipinski definition) is 1. The van der Waals surface area contributed by atoms with Crippen molar-refractivity contribution in [2.75, 3.05) is 12.8 Å². The Labute approximate surface area is 93.2 Å². The van der Waals surface area contributed by atoms with E-state index in [4.69, 9.17) is 5.26 Å². The van der Waals surface area contributed by atoms with Crippen LogP contribution in [0.25, 0.3) is 0 Å². The number of aromatic nitrogens is 2. The lowest BCUT2D eigenvalue weighted by atomic mass is 10.4. The summed E-state index contributed by atoms with van der Waals surface area (Å²) in [5.74, 6) is 0.996. The van der Waals surface area contributed by atoms with Gasteiger partial charge < -0.3 is 4.57 Å². The number of hydrogen-bond acceptors (Lipinski definition) is 4. The van der Waals surface area contributed by atoms with Crippen molar-refractivity contribution in [1.82, 2.24) is 14.9 Å². The largest absolute Gasteiger partial charge is 0.338 e. The highest BCUT2D eigenvalue weighted by molar-refractivity contribution is 8.13. The molecule has 5 nitrogen and oxygen atoms in total. The molecule has 0 aromatic carbocycles. The Morgan fingerprint density at radius 2 is 2.60 bits per heavy atom. The molecule has 1 aromatic heterocycles. The maximum Gasteiger partial charge on any atom is 0.183 e. The van der Waals surface area contributed by atoms with Crippen molar-refractivity contribution >= 4 is 16.9 Å². The zero-order chi connectivity index (χ0) is 11.1. The number of imidazole rings is 1. The Morgan fingerprint density at radius 1 is 1.80 bits per heavy atom. The molecule has 0 unspecified atom stereocenters. The van der Waals surface area contributed by atoms with Crippen molar-refractivity contribution in [2.24, 2.45) is 12.0 Å². The second-order valence-corrected chi connectivity index (χ2v) is 3.63. The smallest absolute Gasteiger partial charge is 0.183 e. The van der Waals surface area contributed by atoms with Crippen LogP contribution >= 0.6 is 11.8 Å². The van der Waals surface area contributed by atoms with Gasteiger partial charge in [-0.1, -0.05) is 11.8 Å². The molecule has 1 rings (SSSR count). The molecule has 0 aliphatic rings. The quantitative estimate of drug-likeness (QED) is 0.355. The van der Waals surface area contributed by atoms with Gasteiger partial charge in [0.05, 0.1) is 0 Å². The van der Waals surface area contributed by atoms with Gasteiger partial charge >= 0.3 is 0 Å². The first-order valence-electron chi connectivity index (χ1n) is 4.47. The van der Waals surface area contributed by atoms with Gasteiger partial charge in [-0.15, -0.1) is 0 Å². The van der Waals surface area contributed by atoms with Crippen molar-refractivity contribution in [3.05, 3.63) is 18.2 Å². The summed E-state index contributed by atoms with van der Waals surface area (Å²) in [7, 11) is 1.95. The number of aryl methyl sites for hydroxylation is 1. The van der Waals surface area contributed by atoms with Gasteiger partial charge in [0.25, 0.3) is 0 Å². The van der Waals surface area contributed by atoms with Gasteiger partial charge in [-0.3, -0.25) is 10.3 Å². The third-order valence-electron chi connectivity index (χ3n) is 1.87. The molecule has 1 aromatic rings. The van der Waals surface area contributed by atoms with Crippen LogP contribution in [0.15, 0.2) is 17.4 Å². The summed E-state index contributed by atoms with van der Waals surface area (Å²) in [5, 5.41) is 11.6. The molecule has 1 heterocycles. The van der Waals surface area contributed by atoms with Crippen molar-refractivity contribution in [3.63, 3.8) is 0 Å². The lowest BCUT2D eigenvalue weighted by molar-refractivity contribution is 0.778. The van der Waals surface area contributed by atoms with E-state index in [0.717, 1.165) is 12.2 Å². The zero-order valence-corrected chi connectivity index (χ0v) is 9.58. The van der Waals surface area contributed by atoms with Crippen molar-refractivity contribution < 1.29 is 0 Å². The highest BCUT2D eigenvalue weighted by atomic mass is 32.2. The number of nitrogens with one attached hydrogen (secondary N) is 1. The number of nitriles is 1. The van der Waals surface area contributed by atoms with E-state index in [-0.39, 0.29) is 0 Å². The van der Waals surface area contributed by atoms with E-state index < -0.39 is 0 Å². The number of nitrogens with zero attached hydrogens (tertiary/aromatic N) is 4. The molecule has 15 heavy (non-hydrogen) atoms. The molecule has 0 aliphatic heterocycles. The standard InChI is InChI=1S/C9H13N5S/c1-14-6-5-11-8(14)3-4-12-9(15-2)13-7-10/h5-6H,3-4H2,1-2H3,(H,12,13). The van der Waals surface area contributed by atoms with Crippen molar-refractivity contribution in [1.29, 1.82) is 5.26 Å². The summed E-state index contributed by atoms with van der Waals surface area (Å²) in [5.41, 5.74) is 0. The second kappa shape index (κ2) is 6.09. The van der Waals surface area contributed by atoms with E-state index in [2.05, 4.69) is 15.3 Å². The third-order valence-corrected chi connectivity index (χ3v) is 2.49. The van der Waals surface area contributed by atoms with Crippen LogP contribution in [-0.4, -0.2) is 27.5 Å². The zero-order valence-electron chi connectivity index (χ0n) is 8.77. The third kappa shape index (κ3) is 3.64. The number of aliphatic imine (C=N–C) groups is 1. The molecule has 1 N–H and O–H groups in total. The highest BCUT2D eigenvalue weighted by Crippen LogP contribution is 1.98. The predicted molar refractivity (Wildman–Crippen MR) is 61.5 cm³/mol. The molecule has 0 spiro atoms. The minimum Gasteiger partial charge on any atom is -0.338 e. The lowest BCUT2D eigenvalue weighted by Gasteiger charge is -2.00. The Hall–Kier alpha value is -1.48. The van der Waals surface area contributed by atoms with Gasteiger partial charge in [0, 0.05) is 32.4 Å². The van der Waals surface area contributed by atoms with Crippen LogP contribution in [0.5, 0.6) is 0 Å². The van der Waals surface area contributed by atoms with Crippen LogP contribution in [0.2, 0.25) is 0 Å². The van der Waals surface area contributed by atoms with E-state index in [1.54, 1.807) is 6.20 Å². The summed E-state index contributed by atoms with van der Waals surface area (Å²) in [6.45, 7) is 0.635. The van der Waals surface area contributed by atoms with Crippen LogP contribution in [0.3, 0.4) is 0 Å². The predicted octanol–water partition coefficient (Wildman–Crippen LogP) is 0.752. The van der Waals surface area contributed by atoms with Gasteiger partial charge in [-0.2, -0.15) is 5.26 Å². The first kappa shape index (κ1) is 11.6. The Balaban J connectivity index is 2.44. The van der Waals surface area contributed by atoms with E-state index >= 15 is 0 Å². The molecule has 0 radical (unpaired) electrons. The first-order valence-corrected chi connectivity index (χ1v) is 5.70. The summed E-state index contributed by atoms with van der Waals surface area (Å²) >= 11 is 1.43.